The lowest BCUT2D eigenvalue weighted by atomic mass is 10.0. The Balaban J connectivity index is 1.47. The van der Waals surface area contributed by atoms with Gasteiger partial charge in [-0.2, -0.15) is 0 Å². The number of benzene rings is 1. The maximum atomic E-state index is 6.01. The highest BCUT2D eigenvalue weighted by molar-refractivity contribution is 5.51. The van der Waals surface area contributed by atoms with Crippen LogP contribution < -0.4 is 15.4 Å². The number of piperidine rings is 1. The van der Waals surface area contributed by atoms with Gasteiger partial charge in [-0.1, -0.05) is 11.2 Å². The minimum Gasteiger partial charge on any atom is -0.424 e. The summed E-state index contributed by atoms with van der Waals surface area (Å²) in [5, 5.41) is 8.32. The third-order valence-corrected chi connectivity index (χ3v) is 5.20. The van der Waals surface area contributed by atoms with Gasteiger partial charge in [0.25, 0.3) is 0 Å². The predicted molar refractivity (Wildman–Crippen MR) is 101 cm³/mol. The Morgan fingerprint density at radius 3 is 2.63 bits per heavy atom. The van der Waals surface area contributed by atoms with E-state index in [0.29, 0.717) is 25.8 Å². The smallest absolute Gasteiger partial charge is 0.322 e. The Morgan fingerprint density at radius 2 is 1.96 bits per heavy atom. The van der Waals surface area contributed by atoms with Crippen molar-refractivity contribution < 1.29 is 14.2 Å². The van der Waals surface area contributed by atoms with Crippen LogP contribution in [0.2, 0.25) is 0 Å². The normalized spacial score (nSPS) is 20.2. The molecule has 0 bridgehead atoms. The Labute approximate surface area is 159 Å². The summed E-state index contributed by atoms with van der Waals surface area (Å²) in [5.41, 5.74) is 7.08. The number of ether oxygens (including phenoxy) is 3. The molecule has 27 heavy (non-hydrogen) atoms. The number of rotatable bonds is 5. The fourth-order valence-electron chi connectivity index (χ4n) is 3.75. The van der Waals surface area contributed by atoms with Gasteiger partial charge >= 0.3 is 6.01 Å². The van der Waals surface area contributed by atoms with E-state index >= 15 is 0 Å². The SMILES string of the molecule is CCn1c(Oc2cccc(N3CCC4(CC3)OCCO4)c2)nnc1[C@@H](C)N. The van der Waals surface area contributed by atoms with Crippen molar-refractivity contribution in [3.05, 3.63) is 30.1 Å². The molecule has 0 radical (unpaired) electrons. The van der Waals surface area contributed by atoms with Crippen molar-refractivity contribution in [2.45, 2.75) is 45.1 Å². The minimum absolute atomic E-state index is 0.193. The first-order chi connectivity index (χ1) is 13.1. The highest BCUT2D eigenvalue weighted by Gasteiger charge is 2.39. The number of nitrogens with two attached hydrogens (primary N) is 1. The van der Waals surface area contributed by atoms with E-state index in [4.69, 9.17) is 19.9 Å². The van der Waals surface area contributed by atoms with Gasteiger partial charge < -0.3 is 24.8 Å². The van der Waals surface area contributed by atoms with E-state index in [0.717, 1.165) is 43.2 Å². The third kappa shape index (κ3) is 3.65. The van der Waals surface area contributed by atoms with Crippen LogP contribution in [0.5, 0.6) is 11.8 Å². The lowest BCUT2D eigenvalue weighted by Crippen LogP contribution is -2.45. The quantitative estimate of drug-likeness (QED) is 0.861. The van der Waals surface area contributed by atoms with Gasteiger partial charge in [0.2, 0.25) is 0 Å². The van der Waals surface area contributed by atoms with Crippen LogP contribution in [-0.2, 0) is 16.0 Å². The van der Waals surface area contributed by atoms with E-state index in [1.807, 2.05) is 36.6 Å². The minimum atomic E-state index is -0.364. The summed E-state index contributed by atoms with van der Waals surface area (Å²) in [7, 11) is 0. The van der Waals surface area contributed by atoms with Crippen LogP contribution >= 0.6 is 0 Å². The molecule has 0 saturated carbocycles. The Hall–Kier alpha value is -2.16. The molecule has 146 valence electrons. The Bertz CT molecular complexity index is 775. The summed E-state index contributed by atoms with van der Waals surface area (Å²) < 4.78 is 19.5. The van der Waals surface area contributed by atoms with Crippen molar-refractivity contribution in [3.8, 4) is 11.8 Å². The molecule has 1 aromatic carbocycles. The summed E-state index contributed by atoms with van der Waals surface area (Å²) in [4.78, 5) is 2.33. The van der Waals surface area contributed by atoms with Gasteiger partial charge in [-0.3, -0.25) is 4.57 Å². The number of nitrogens with zero attached hydrogens (tertiary/aromatic N) is 4. The van der Waals surface area contributed by atoms with Crippen molar-refractivity contribution in [3.63, 3.8) is 0 Å². The molecule has 4 rings (SSSR count). The van der Waals surface area contributed by atoms with E-state index in [1.165, 1.54) is 0 Å². The van der Waals surface area contributed by atoms with Crippen LogP contribution in [0.4, 0.5) is 5.69 Å². The number of anilines is 1. The Kier molecular flexibility index (Phi) is 5.03. The van der Waals surface area contributed by atoms with Gasteiger partial charge in [0.05, 0.1) is 19.3 Å². The lowest BCUT2D eigenvalue weighted by molar-refractivity contribution is -0.169. The summed E-state index contributed by atoms with van der Waals surface area (Å²) >= 11 is 0. The second-order valence-corrected chi connectivity index (χ2v) is 7.07. The Morgan fingerprint density at radius 1 is 1.22 bits per heavy atom. The van der Waals surface area contributed by atoms with Crippen molar-refractivity contribution in [2.75, 3.05) is 31.2 Å². The van der Waals surface area contributed by atoms with Gasteiger partial charge in [-0.25, -0.2) is 0 Å². The molecule has 8 heteroatoms. The molecule has 1 spiro atoms. The van der Waals surface area contributed by atoms with Gasteiger partial charge in [-0.05, 0) is 26.0 Å². The number of hydrogen-bond donors (Lipinski definition) is 1. The molecule has 2 N–H and O–H groups in total. The number of hydrogen-bond acceptors (Lipinski definition) is 7. The highest BCUT2D eigenvalue weighted by atomic mass is 16.7. The third-order valence-electron chi connectivity index (χ3n) is 5.20. The van der Waals surface area contributed by atoms with E-state index in [2.05, 4.69) is 21.2 Å². The zero-order valence-corrected chi connectivity index (χ0v) is 15.9. The highest BCUT2D eigenvalue weighted by Crippen LogP contribution is 2.34. The van der Waals surface area contributed by atoms with Crippen molar-refractivity contribution >= 4 is 5.69 Å². The first-order valence-corrected chi connectivity index (χ1v) is 9.60. The second-order valence-electron chi connectivity index (χ2n) is 7.07. The van der Waals surface area contributed by atoms with Crippen molar-refractivity contribution in [1.82, 2.24) is 14.8 Å². The lowest BCUT2D eigenvalue weighted by Gasteiger charge is -2.38. The van der Waals surface area contributed by atoms with Gasteiger partial charge in [0.1, 0.15) is 5.75 Å². The molecule has 2 fully saturated rings. The maximum Gasteiger partial charge on any atom is 0.322 e. The average Bonchev–Trinajstić information content (AvgIpc) is 3.30. The fourth-order valence-corrected chi connectivity index (χ4v) is 3.75. The summed E-state index contributed by atoms with van der Waals surface area (Å²) in [5.74, 6) is 1.10. The zero-order valence-electron chi connectivity index (χ0n) is 15.9. The summed E-state index contributed by atoms with van der Waals surface area (Å²) in [6.45, 7) is 7.80. The summed E-state index contributed by atoms with van der Waals surface area (Å²) in [6, 6.07) is 8.33. The molecule has 2 aromatic rings. The van der Waals surface area contributed by atoms with E-state index < -0.39 is 0 Å². The average molecular weight is 373 g/mol. The topological polar surface area (TPSA) is 87.7 Å². The molecule has 0 aliphatic carbocycles. The van der Waals surface area contributed by atoms with E-state index in [-0.39, 0.29) is 11.8 Å². The largest absolute Gasteiger partial charge is 0.424 e. The van der Waals surface area contributed by atoms with Crippen LogP contribution in [0.15, 0.2) is 24.3 Å². The molecular formula is C19H27N5O3. The molecule has 2 aliphatic rings. The molecule has 0 amide bonds. The fraction of sp³-hybridized carbons (Fsp3) is 0.579. The van der Waals surface area contributed by atoms with Crippen LogP contribution in [0.25, 0.3) is 0 Å². The molecular weight excluding hydrogens is 346 g/mol. The molecule has 1 atom stereocenters. The van der Waals surface area contributed by atoms with Gasteiger partial charge in [-0.15, -0.1) is 5.10 Å². The standard InChI is InChI=1S/C19H27N5O3/c1-3-24-17(14(2)20)21-22-18(24)27-16-6-4-5-15(13-16)23-9-7-19(8-10-23)25-11-12-26-19/h4-6,13-14H,3,7-12,20H2,1-2H3/t14-/m1/s1. The van der Waals surface area contributed by atoms with Crippen LogP contribution in [-0.4, -0.2) is 46.9 Å². The second kappa shape index (κ2) is 7.46. The van der Waals surface area contributed by atoms with Crippen molar-refractivity contribution in [1.29, 1.82) is 0 Å². The van der Waals surface area contributed by atoms with Crippen molar-refractivity contribution in [2.24, 2.45) is 5.73 Å². The first kappa shape index (κ1) is 18.2. The summed E-state index contributed by atoms with van der Waals surface area (Å²) in [6.07, 6.45) is 1.75. The first-order valence-electron chi connectivity index (χ1n) is 9.60. The number of aromatic nitrogens is 3. The molecule has 2 saturated heterocycles. The molecule has 8 nitrogen and oxygen atoms in total. The molecule has 1 aromatic heterocycles. The molecule has 3 heterocycles. The van der Waals surface area contributed by atoms with Crippen LogP contribution in [0.3, 0.4) is 0 Å². The zero-order chi connectivity index (χ0) is 18.9. The van der Waals surface area contributed by atoms with E-state index in [9.17, 15) is 0 Å². The van der Waals surface area contributed by atoms with Crippen LogP contribution in [0, 0.1) is 0 Å². The molecule has 0 unspecified atom stereocenters. The monoisotopic (exact) mass is 373 g/mol. The predicted octanol–water partition coefficient (Wildman–Crippen LogP) is 2.45. The molecule has 2 aliphatic heterocycles. The van der Waals surface area contributed by atoms with E-state index in [1.54, 1.807) is 0 Å². The maximum absolute atomic E-state index is 6.01. The van der Waals surface area contributed by atoms with Crippen LogP contribution in [0.1, 0.15) is 38.6 Å². The van der Waals surface area contributed by atoms with Gasteiger partial charge in [0.15, 0.2) is 11.6 Å². The van der Waals surface area contributed by atoms with Gasteiger partial charge in [0, 0.05) is 44.2 Å².